The molecule has 0 saturated carbocycles. The summed E-state index contributed by atoms with van der Waals surface area (Å²) < 4.78 is 4.69. The molecule has 0 aromatic heterocycles. The summed E-state index contributed by atoms with van der Waals surface area (Å²) in [6, 6.07) is 30.4. The van der Waals surface area contributed by atoms with E-state index in [0.29, 0.717) is 29.1 Å². The van der Waals surface area contributed by atoms with Crippen LogP contribution in [-0.4, -0.2) is 24.7 Å². The molecule has 5 heteroatoms. The molecule has 3 aliphatic rings. The first kappa shape index (κ1) is 28.7. The number of rotatable bonds is 5. The third-order valence-corrected chi connectivity index (χ3v) is 9.64. The Morgan fingerprint density at radius 1 is 0.881 bits per heavy atom. The lowest BCUT2D eigenvalue weighted by Gasteiger charge is -2.44. The summed E-state index contributed by atoms with van der Waals surface area (Å²) in [6.45, 7) is 0.593. The lowest BCUT2D eigenvalue weighted by molar-refractivity contribution is 0.250. The van der Waals surface area contributed by atoms with Gasteiger partial charge in [0.15, 0.2) is 6.73 Å². The molecule has 3 nitrogen and oxygen atoms in total. The number of allylic oxidation sites excluding steroid dienone is 1. The van der Waals surface area contributed by atoms with Gasteiger partial charge in [0.25, 0.3) is 0 Å². The average molecular weight is 597 g/mol. The third-order valence-electron chi connectivity index (χ3n) is 8.90. The summed E-state index contributed by atoms with van der Waals surface area (Å²) in [4.78, 5) is 3.74. The van der Waals surface area contributed by atoms with Crippen molar-refractivity contribution in [2.45, 2.75) is 43.9 Å². The molecule has 0 spiro atoms. The molecule has 42 heavy (non-hydrogen) atoms. The van der Waals surface area contributed by atoms with Gasteiger partial charge in [0, 0.05) is 18.2 Å². The van der Waals surface area contributed by atoms with Crippen molar-refractivity contribution in [3.05, 3.63) is 141 Å². The molecule has 2 aliphatic carbocycles. The molecule has 7 rings (SSSR count). The van der Waals surface area contributed by atoms with Gasteiger partial charge in [-0.2, -0.15) is 0 Å². The zero-order valence-corrected chi connectivity index (χ0v) is 25.1. The number of fused-ring (bicyclic) bond motifs is 5. The number of aryl methyl sites for hydroxylation is 1. The maximum Gasteiger partial charge on any atom is 0.178 e. The fourth-order valence-electron chi connectivity index (χ4n) is 7.02. The third kappa shape index (κ3) is 5.79. The van der Waals surface area contributed by atoms with E-state index in [1.54, 1.807) is 18.6 Å². The average Bonchev–Trinajstić information content (AvgIpc) is 3.04. The molecule has 1 heterocycles. The topological polar surface area (TPSA) is 41.8 Å². The van der Waals surface area contributed by atoms with Crippen LogP contribution in [-0.2, 0) is 35.8 Å². The smallest absolute Gasteiger partial charge is 0.178 e. The number of aliphatic hydroxyl groups excluding tert-OH is 1. The van der Waals surface area contributed by atoms with E-state index in [0.717, 1.165) is 31.2 Å². The van der Waals surface area contributed by atoms with Crippen LogP contribution >= 0.6 is 23.2 Å². The van der Waals surface area contributed by atoms with E-state index in [1.165, 1.54) is 45.4 Å². The molecule has 0 radical (unpaired) electrons. The second-order valence-corrected chi connectivity index (χ2v) is 12.2. The van der Waals surface area contributed by atoms with Crippen LogP contribution in [0.5, 0.6) is 0 Å². The number of hydrogen-bond acceptors (Lipinski definition) is 3. The summed E-state index contributed by atoms with van der Waals surface area (Å²) in [5.74, 6) is 0.601. The number of benzene rings is 4. The van der Waals surface area contributed by atoms with E-state index in [-0.39, 0.29) is 12.0 Å². The quantitative estimate of drug-likeness (QED) is 0.250. The predicted molar refractivity (Wildman–Crippen MR) is 174 cm³/mol. The van der Waals surface area contributed by atoms with Crippen molar-refractivity contribution >= 4 is 29.4 Å². The maximum atomic E-state index is 10.4. The van der Waals surface area contributed by atoms with Gasteiger partial charge < -0.3 is 9.84 Å². The molecule has 2 atom stereocenters. The summed E-state index contributed by atoms with van der Waals surface area (Å²) >= 11 is 12.9. The van der Waals surface area contributed by atoms with Gasteiger partial charge in [0.05, 0.1) is 16.3 Å². The standard InChI is InChI=1S/C33H30Cl2O.C4H5NO/c34-30-15-13-26(20-31(30)35)33(16-17-36)21-25-8-4-5-9-27(25)28-14-12-24-11-10-23(19-29(24)32(28)33)18-22-6-2-1-3-7-22;1-2-5-4-6-3-1/h1-9,12-15,20,23,36H,10-11,16-19,21H2;1-3H,4H2. The second-order valence-electron chi connectivity index (χ2n) is 11.4. The summed E-state index contributed by atoms with van der Waals surface area (Å²) in [7, 11) is 0. The molecule has 0 fully saturated rings. The Labute approximate surface area is 258 Å². The fourth-order valence-corrected chi connectivity index (χ4v) is 7.32. The molecule has 0 amide bonds. The van der Waals surface area contributed by atoms with Crippen LogP contribution in [0.1, 0.15) is 46.2 Å². The van der Waals surface area contributed by atoms with Crippen molar-refractivity contribution in [2.24, 2.45) is 10.9 Å². The molecule has 0 saturated heterocycles. The van der Waals surface area contributed by atoms with Gasteiger partial charge in [-0.05, 0) is 107 Å². The molecular formula is C37H35Cl2NO2. The Bertz CT molecular complexity index is 1600. The predicted octanol–water partition coefficient (Wildman–Crippen LogP) is 8.79. The van der Waals surface area contributed by atoms with Crippen LogP contribution in [0.25, 0.3) is 11.1 Å². The molecule has 0 bridgehead atoms. The van der Waals surface area contributed by atoms with Gasteiger partial charge in [-0.1, -0.05) is 96.0 Å². The van der Waals surface area contributed by atoms with E-state index in [1.807, 2.05) is 12.1 Å². The first-order valence-corrected chi connectivity index (χ1v) is 15.4. The Kier molecular flexibility index (Phi) is 8.81. The number of aliphatic imine (C=N–C) groups is 1. The minimum absolute atomic E-state index is 0.110. The van der Waals surface area contributed by atoms with Crippen LogP contribution in [0, 0.1) is 5.92 Å². The monoisotopic (exact) mass is 595 g/mol. The molecule has 4 aromatic rings. The first-order chi connectivity index (χ1) is 20.6. The van der Waals surface area contributed by atoms with Crippen LogP contribution in [0.15, 0.2) is 102 Å². The molecular weight excluding hydrogens is 561 g/mol. The second kappa shape index (κ2) is 12.9. The Morgan fingerprint density at radius 3 is 2.43 bits per heavy atom. The first-order valence-electron chi connectivity index (χ1n) is 14.7. The Balaban J connectivity index is 0.000000470. The van der Waals surface area contributed by atoms with Gasteiger partial charge in [-0.3, -0.25) is 4.99 Å². The lowest BCUT2D eigenvalue weighted by Crippen LogP contribution is -2.37. The van der Waals surface area contributed by atoms with Gasteiger partial charge in [0.2, 0.25) is 0 Å². The minimum Gasteiger partial charge on any atom is -0.479 e. The van der Waals surface area contributed by atoms with Crippen LogP contribution < -0.4 is 0 Å². The summed E-state index contributed by atoms with van der Waals surface area (Å²) in [6.07, 6.45) is 11.0. The van der Waals surface area contributed by atoms with Crippen molar-refractivity contribution in [3.63, 3.8) is 0 Å². The van der Waals surface area contributed by atoms with Crippen LogP contribution in [0.2, 0.25) is 10.0 Å². The zero-order chi connectivity index (χ0) is 28.9. The van der Waals surface area contributed by atoms with E-state index < -0.39 is 0 Å². The van der Waals surface area contributed by atoms with Crippen molar-refractivity contribution in [3.8, 4) is 11.1 Å². The van der Waals surface area contributed by atoms with Crippen LogP contribution in [0.4, 0.5) is 0 Å². The number of hydrogen-bond donors (Lipinski definition) is 1. The summed E-state index contributed by atoms with van der Waals surface area (Å²) in [5, 5.41) is 11.6. The molecule has 4 aromatic carbocycles. The highest BCUT2D eigenvalue weighted by Crippen LogP contribution is 2.52. The van der Waals surface area contributed by atoms with Gasteiger partial charge in [0.1, 0.15) is 0 Å². The van der Waals surface area contributed by atoms with Crippen molar-refractivity contribution in [2.75, 3.05) is 13.3 Å². The Hall–Kier alpha value is -3.37. The molecule has 1 aliphatic heterocycles. The van der Waals surface area contributed by atoms with Crippen LogP contribution in [0.3, 0.4) is 0 Å². The number of nitrogens with zero attached hydrogens (tertiary/aromatic N) is 1. The summed E-state index contributed by atoms with van der Waals surface area (Å²) in [5.41, 5.74) is 10.5. The zero-order valence-electron chi connectivity index (χ0n) is 23.6. The van der Waals surface area contributed by atoms with Gasteiger partial charge >= 0.3 is 0 Å². The van der Waals surface area contributed by atoms with E-state index in [4.69, 9.17) is 27.9 Å². The van der Waals surface area contributed by atoms with Gasteiger partial charge in [-0.15, -0.1) is 0 Å². The Morgan fingerprint density at radius 2 is 1.71 bits per heavy atom. The number of ether oxygens (including phenoxy) is 1. The normalized spacial score (nSPS) is 19.9. The minimum atomic E-state index is -0.355. The largest absolute Gasteiger partial charge is 0.479 e. The highest BCUT2D eigenvalue weighted by Gasteiger charge is 2.43. The van der Waals surface area contributed by atoms with E-state index in [2.05, 4.69) is 77.8 Å². The molecule has 214 valence electrons. The lowest BCUT2D eigenvalue weighted by atomic mass is 9.59. The molecule has 2 unspecified atom stereocenters. The molecule has 1 N–H and O–H groups in total. The highest BCUT2D eigenvalue weighted by molar-refractivity contribution is 6.42. The van der Waals surface area contributed by atoms with E-state index >= 15 is 0 Å². The van der Waals surface area contributed by atoms with E-state index in [9.17, 15) is 5.11 Å². The van der Waals surface area contributed by atoms with Crippen molar-refractivity contribution in [1.29, 1.82) is 0 Å². The SMILES string of the molecule is C1=COCN=C1.OCCC1(c2ccc(Cl)c(Cl)c2)Cc2ccccc2-c2ccc3c(c21)CC(Cc1ccccc1)CC3. The number of halogens is 2. The van der Waals surface area contributed by atoms with Crippen molar-refractivity contribution in [1.82, 2.24) is 0 Å². The highest BCUT2D eigenvalue weighted by atomic mass is 35.5. The van der Waals surface area contributed by atoms with Gasteiger partial charge in [-0.25, -0.2) is 0 Å². The number of aliphatic hydroxyl groups is 1. The van der Waals surface area contributed by atoms with Crippen molar-refractivity contribution < 1.29 is 9.84 Å². The maximum absolute atomic E-state index is 10.4. The fraction of sp³-hybridized carbons (Fsp3) is 0.270.